The lowest BCUT2D eigenvalue weighted by Crippen LogP contribution is -2.40. The Morgan fingerprint density at radius 3 is 2.58 bits per heavy atom. The fourth-order valence-electron chi connectivity index (χ4n) is 2.55. The molecule has 0 spiro atoms. The summed E-state index contributed by atoms with van der Waals surface area (Å²) in [6.45, 7) is 4.68. The molecule has 1 rings (SSSR count). The number of carboxylic acids is 1. The van der Waals surface area contributed by atoms with Gasteiger partial charge in [0.2, 0.25) is 5.91 Å². The van der Waals surface area contributed by atoms with Gasteiger partial charge in [0.25, 0.3) is 0 Å². The first kappa shape index (κ1) is 16.0. The monoisotopic (exact) mass is 271 g/mol. The molecule has 2 N–H and O–H groups in total. The average molecular weight is 271 g/mol. The number of amides is 1. The Morgan fingerprint density at radius 1 is 1.37 bits per heavy atom. The SMILES string of the molecule is CCCC(CC(=O)O)NC(=O)CC1CC(OCC)C1. The Labute approximate surface area is 114 Å². The summed E-state index contributed by atoms with van der Waals surface area (Å²) in [6, 6.07) is -0.238. The molecule has 1 aliphatic rings. The molecule has 110 valence electrons. The Balaban J connectivity index is 2.23. The Kier molecular flexibility index (Phi) is 6.84. The van der Waals surface area contributed by atoms with Crippen LogP contribution in [0.5, 0.6) is 0 Å². The minimum absolute atomic E-state index is 0.00577. The van der Waals surface area contributed by atoms with Crippen LogP contribution in [0, 0.1) is 5.92 Å². The molecule has 0 aliphatic heterocycles. The van der Waals surface area contributed by atoms with Crippen LogP contribution in [0.25, 0.3) is 0 Å². The zero-order valence-corrected chi connectivity index (χ0v) is 11.9. The van der Waals surface area contributed by atoms with Crippen LogP contribution in [0.2, 0.25) is 0 Å². The Morgan fingerprint density at radius 2 is 2.05 bits per heavy atom. The van der Waals surface area contributed by atoms with E-state index >= 15 is 0 Å². The smallest absolute Gasteiger partial charge is 0.305 e. The fraction of sp³-hybridized carbons (Fsp3) is 0.857. The third-order valence-electron chi connectivity index (χ3n) is 3.49. The first-order valence-corrected chi connectivity index (χ1v) is 7.17. The van der Waals surface area contributed by atoms with Crippen molar-refractivity contribution in [1.82, 2.24) is 5.32 Å². The maximum absolute atomic E-state index is 11.8. The van der Waals surface area contributed by atoms with Crippen LogP contribution in [-0.4, -0.2) is 35.7 Å². The second-order valence-corrected chi connectivity index (χ2v) is 5.27. The zero-order chi connectivity index (χ0) is 14.3. The van der Waals surface area contributed by atoms with Crippen molar-refractivity contribution in [2.45, 2.75) is 64.5 Å². The van der Waals surface area contributed by atoms with Crippen molar-refractivity contribution in [3.8, 4) is 0 Å². The Bertz CT molecular complexity index is 300. The maximum Gasteiger partial charge on any atom is 0.305 e. The third-order valence-corrected chi connectivity index (χ3v) is 3.49. The average Bonchev–Trinajstić information content (AvgIpc) is 2.25. The number of nitrogens with one attached hydrogen (secondary N) is 1. The number of hydrogen-bond donors (Lipinski definition) is 2. The number of aliphatic carboxylic acids is 1. The van der Waals surface area contributed by atoms with E-state index < -0.39 is 5.97 Å². The second-order valence-electron chi connectivity index (χ2n) is 5.27. The number of carboxylic acid groups (broad SMARTS) is 1. The van der Waals surface area contributed by atoms with Gasteiger partial charge in [-0.15, -0.1) is 0 Å². The lowest BCUT2D eigenvalue weighted by molar-refractivity contribution is -0.137. The van der Waals surface area contributed by atoms with Gasteiger partial charge in [0.1, 0.15) is 0 Å². The summed E-state index contributed by atoms with van der Waals surface area (Å²) in [5.41, 5.74) is 0. The molecule has 1 atom stereocenters. The van der Waals surface area contributed by atoms with Gasteiger partial charge in [0.05, 0.1) is 12.5 Å². The lowest BCUT2D eigenvalue weighted by Gasteiger charge is -2.34. The number of rotatable bonds is 9. The van der Waals surface area contributed by atoms with E-state index in [-0.39, 0.29) is 18.4 Å². The van der Waals surface area contributed by atoms with Gasteiger partial charge in [0, 0.05) is 19.1 Å². The molecule has 1 fully saturated rings. The molecule has 0 bridgehead atoms. The van der Waals surface area contributed by atoms with E-state index in [1.807, 2.05) is 13.8 Å². The minimum atomic E-state index is -0.862. The van der Waals surface area contributed by atoms with Gasteiger partial charge in [-0.2, -0.15) is 0 Å². The summed E-state index contributed by atoms with van der Waals surface area (Å²) in [5, 5.41) is 11.6. The second kappa shape index (κ2) is 8.15. The van der Waals surface area contributed by atoms with E-state index in [1.165, 1.54) is 0 Å². The van der Waals surface area contributed by atoms with E-state index in [1.54, 1.807) is 0 Å². The number of carbonyl (C=O) groups excluding carboxylic acids is 1. The number of hydrogen-bond acceptors (Lipinski definition) is 3. The predicted octanol–water partition coefficient (Wildman–Crippen LogP) is 1.95. The van der Waals surface area contributed by atoms with Crippen LogP contribution in [0.15, 0.2) is 0 Å². The first-order valence-electron chi connectivity index (χ1n) is 7.17. The molecule has 0 aromatic rings. The summed E-state index contributed by atoms with van der Waals surface area (Å²) >= 11 is 0. The van der Waals surface area contributed by atoms with Gasteiger partial charge >= 0.3 is 5.97 Å². The van der Waals surface area contributed by atoms with E-state index in [0.29, 0.717) is 24.9 Å². The summed E-state index contributed by atoms with van der Waals surface area (Å²) in [5.74, 6) is -0.498. The molecule has 0 radical (unpaired) electrons. The molecule has 19 heavy (non-hydrogen) atoms. The summed E-state index contributed by atoms with van der Waals surface area (Å²) in [6.07, 6.45) is 4.28. The van der Waals surface area contributed by atoms with Crippen molar-refractivity contribution in [1.29, 1.82) is 0 Å². The molecular weight excluding hydrogens is 246 g/mol. The lowest BCUT2D eigenvalue weighted by atomic mass is 9.80. The molecule has 0 aromatic heterocycles. The quantitative estimate of drug-likeness (QED) is 0.672. The molecule has 5 heteroatoms. The van der Waals surface area contributed by atoms with Gasteiger partial charge in [-0.3, -0.25) is 9.59 Å². The van der Waals surface area contributed by atoms with Gasteiger partial charge < -0.3 is 15.2 Å². The van der Waals surface area contributed by atoms with E-state index in [0.717, 1.165) is 25.9 Å². The van der Waals surface area contributed by atoms with Gasteiger partial charge in [-0.1, -0.05) is 13.3 Å². The summed E-state index contributed by atoms with van der Waals surface area (Å²) < 4.78 is 5.45. The van der Waals surface area contributed by atoms with E-state index in [9.17, 15) is 9.59 Å². The van der Waals surface area contributed by atoms with Crippen molar-refractivity contribution in [2.24, 2.45) is 5.92 Å². The van der Waals surface area contributed by atoms with E-state index in [4.69, 9.17) is 9.84 Å². The first-order chi connectivity index (χ1) is 9.05. The highest BCUT2D eigenvalue weighted by molar-refractivity contribution is 5.77. The normalized spacial score (nSPS) is 23.5. The highest BCUT2D eigenvalue weighted by Crippen LogP contribution is 2.32. The molecule has 1 aliphatic carbocycles. The molecule has 5 nitrogen and oxygen atoms in total. The molecule has 0 saturated heterocycles. The maximum atomic E-state index is 11.8. The predicted molar refractivity (Wildman–Crippen MR) is 71.8 cm³/mol. The largest absolute Gasteiger partial charge is 0.481 e. The standard InChI is InChI=1S/C14H25NO4/c1-3-5-11(9-14(17)18)15-13(16)8-10-6-12(7-10)19-4-2/h10-12H,3-9H2,1-2H3,(H,15,16)(H,17,18). The summed E-state index contributed by atoms with van der Waals surface area (Å²) in [4.78, 5) is 22.5. The molecule has 0 heterocycles. The zero-order valence-electron chi connectivity index (χ0n) is 11.9. The van der Waals surface area contributed by atoms with Crippen molar-refractivity contribution in [3.63, 3.8) is 0 Å². The molecule has 1 unspecified atom stereocenters. The Hall–Kier alpha value is -1.10. The fourth-order valence-corrected chi connectivity index (χ4v) is 2.55. The van der Waals surface area contributed by atoms with Gasteiger partial charge in [-0.05, 0) is 32.1 Å². The molecule has 1 saturated carbocycles. The van der Waals surface area contributed by atoms with Crippen LogP contribution in [-0.2, 0) is 14.3 Å². The van der Waals surface area contributed by atoms with Crippen molar-refractivity contribution in [2.75, 3.05) is 6.61 Å². The van der Waals surface area contributed by atoms with Gasteiger partial charge in [0.15, 0.2) is 0 Å². The van der Waals surface area contributed by atoms with Crippen LogP contribution in [0.4, 0.5) is 0 Å². The molecule has 1 amide bonds. The molecule has 0 aromatic carbocycles. The van der Waals surface area contributed by atoms with Crippen molar-refractivity contribution in [3.05, 3.63) is 0 Å². The highest BCUT2D eigenvalue weighted by atomic mass is 16.5. The topological polar surface area (TPSA) is 75.6 Å². The van der Waals surface area contributed by atoms with Crippen LogP contribution in [0.3, 0.4) is 0 Å². The van der Waals surface area contributed by atoms with E-state index in [2.05, 4.69) is 5.32 Å². The van der Waals surface area contributed by atoms with Crippen LogP contribution >= 0.6 is 0 Å². The van der Waals surface area contributed by atoms with Crippen molar-refractivity contribution < 1.29 is 19.4 Å². The van der Waals surface area contributed by atoms with Crippen LogP contribution < -0.4 is 5.32 Å². The third kappa shape index (κ3) is 6.05. The van der Waals surface area contributed by atoms with Crippen LogP contribution in [0.1, 0.15) is 52.4 Å². The minimum Gasteiger partial charge on any atom is -0.481 e. The molecular formula is C14H25NO4. The summed E-state index contributed by atoms with van der Waals surface area (Å²) in [7, 11) is 0. The highest BCUT2D eigenvalue weighted by Gasteiger charge is 2.31. The number of ether oxygens (including phenoxy) is 1. The van der Waals surface area contributed by atoms with Gasteiger partial charge in [-0.25, -0.2) is 0 Å². The number of carbonyl (C=O) groups is 2. The van der Waals surface area contributed by atoms with Crippen molar-refractivity contribution >= 4 is 11.9 Å².